The van der Waals surface area contributed by atoms with E-state index < -0.39 is 63.9 Å². The minimum atomic E-state index is -1.70. The van der Waals surface area contributed by atoms with Crippen molar-refractivity contribution < 1.29 is 23.5 Å². The molecule has 10 nitrogen and oxygen atoms in total. The van der Waals surface area contributed by atoms with Crippen LogP contribution in [0, 0.1) is 17.6 Å². The number of hydrogen-bond acceptors (Lipinski definition) is 6. The summed E-state index contributed by atoms with van der Waals surface area (Å²) in [7, 11) is 0. The Hall–Kier alpha value is -5.75. The van der Waals surface area contributed by atoms with Crippen molar-refractivity contribution in [3.05, 3.63) is 157 Å². The van der Waals surface area contributed by atoms with Crippen LogP contribution in [0.1, 0.15) is 29.5 Å². The lowest BCUT2D eigenvalue weighted by molar-refractivity contribution is -0.138. The number of carbonyl (C=O) groups is 2. The minimum Gasteiger partial charge on any atom is -0.505 e. The van der Waals surface area contributed by atoms with Crippen molar-refractivity contribution in [3.8, 4) is 11.4 Å². The molecule has 2 fully saturated rings. The molecule has 1 aromatic heterocycles. The lowest BCUT2D eigenvalue weighted by Gasteiger charge is -2.49. The van der Waals surface area contributed by atoms with Crippen LogP contribution in [0.5, 0.6) is 5.75 Å². The van der Waals surface area contributed by atoms with Gasteiger partial charge in [-0.2, -0.15) is 5.01 Å². The first-order valence-corrected chi connectivity index (χ1v) is 15.8. The molecule has 4 unspecified atom stereocenters. The highest BCUT2D eigenvalue weighted by Gasteiger charge is 2.68. The van der Waals surface area contributed by atoms with Crippen LogP contribution in [-0.2, 0) is 21.5 Å². The molecule has 3 aliphatic rings. The van der Waals surface area contributed by atoms with Crippen LogP contribution in [0.2, 0.25) is 5.02 Å². The Labute approximate surface area is 281 Å². The first-order chi connectivity index (χ1) is 23.6. The van der Waals surface area contributed by atoms with Gasteiger partial charge in [0, 0.05) is 10.9 Å². The number of carbonyl (C=O) groups excluding carboxylic acids is 2. The SMILES string of the molecule is O=C1C2CC3C(=CCn4c(=O)n(-c5ccccc5)c(=O)n43)C(c3ccc(O)c(F)c3)C2(c2ccc(Cl)cc2)C(=O)N1Nc1ccc(F)cc1. The number of para-hydroxylation sites is 1. The van der Waals surface area contributed by atoms with E-state index in [4.69, 9.17) is 11.6 Å². The third-order valence-electron chi connectivity index (χ3n) is 9.84. The molecule has 8 rings (SSSR count). The Morgan fingerprint density at radius 1 is 0.857 bits per heavy atom. The van der Waals surface area contributed by atoms with Gasteiger partial charge in [0.25, 0.3) is 11.8 Å². The molecule has 1 saturated heterocycles. The summed E-state index contributed by atoms with van der Waals surface area (Å²) in [5.74, 6) is -5.57. The number of hydrazine groups is 1. The molecule has 1 aliphatic carbocycles. The van der Waals surface area contributed by atoms with Gasteiger partial charge >= 0.3 is 11.4 Å². The van der Waals surface area contributed by atoms with Gasteiger partial charge in [-0.3, -0.25) is 15.0 Å². The van der Waals surface area contributed by atoms with E-state index in [0.29, 0.717) is 21.8 Å². The monoisotopic (exact) mass is 681 g/mol. The van der Waals surface area contributed by atoms with Crippen LogP contribution in [-0.4, -0.2) is 35.9 Å². The third kappa shape index (κ3) is 4.43. The van der Waals surface area contributed by atoms with Crippen molar-refractivity contribution in [1.29, 1.82) is 0 Å². The average Bonchev–Trinajstić information content (AvgIpc) is 3.48. The number of anilines is 1. The second-order valence-corrected chi connectivity index (χ2v) is 12.7. The summed E-state index contributed by atoms with van der Waals surface area (Å²) >= 11 is 6.28. The summed E-state index contributed by atoms with van der Waals surface area (Å²) in [6, 6.07) is 22.9. The zero-order valence-corrected chi connectivity index (χ0v) is 26.2. The predicted octanol–water partition coefficient (Wildman–Crippen LogP) is 5.06. The van der Waals surface area contributed by atoms with Crippen LogP contribution < -0.4 is 16.8 Å². The lowest BCUT2D eigenvalue weighted by Crippen LogP contribution is -2.53. The molecule has 13 heteroatoms. The van der Waals surface area contributed by atoms with E-state index in [0.717, 1.165) is 15.6 Å². The Kier molecular flexibility index (Phi) is 6.97. The van der Waals surface area contributed by atoms with E-state index in [2.05, 4.69) is 5.43 Å². The van der Waals surface area contributed by atoms with Gasteiger partial charge in [-0.25, -0.2) is 32.3 Å². The van der Waals surface area contributed by atoms with E-state index >= 15 is 9.18 Å². The standard InChI is InChI=1S/C36H26ClF2N5O5/c37-22-9-7-21(8-10-22)36-27(32(46)43(33(36)47)40-24-13-11-23(38)12-14-24)19-29-26(31(36)20-6-15-30(45)28(39)18-20)16-17-41-34(48)42(35(49)44(29)41)25-4-2-1-3-5-25/h1-16,18,27,29,31,40,45H,17,19H2. The molecule has 0 radical (unpaired) electrons. The van der Waals surface area contributed by atoms with Gasteiger partial charge in [-0.05, 0) is 83.8 Å². The van der Waals surface area contributed by atoms with Crippen molar-refractivity contribution in [3.63, 3.8) is 0 Å². The summed E-state index contributed by atoms with van der Waals surface area (Å²) in [6.07, 6.45) is 1.67. The minimum absolute atomic E-state index is 0.0438. The maximum absolute atomic E-state index is 15.2. The number of aromatic nitrogens is 3. The fourth-order valence-corrected chi connectivity index (χ4v) is 7.92. The third-order valence-corrected chi connectivity index (χ3v) is 10.1. The van der Waals surface area contributed by atoms with Crippen molar-refractivity contribution in [2.24, 2.45) is 5.92 Å². The van der Waals surface area contributed by atoms with Crippen LogP contribution in [0.25, 0.3) is 5.69 Å². The normalized spacial score (nSPS) is 22.7. The number of phenols is 1. The summed E-state index contributed by atoms with van der Waals surface area (Å²) in [4.78, 5) is 57.5. The molecule has 246 valence electrons. The number of nitrogens with one attached hydrogen (secondary N) is 1. The number of amides is 2. The number of hydrogen-bond donors (Lipinski definition) is 2. The maximum atomic E-state index is 15.2. The number of rotatable bonds is 5. The van der Waals surface area contributed by atoms with Crippen molar-refractivity contribution in [2.75, 3.05) is 5.43 Å². The van der Waals surface area contributed by atoms with Crippen LogP contribution in [0.3, 0.4) is 0 Å². The van der Waals surface area contributed by atoms with Crippen molar-refractivity contribution in [1.82, 2.24) is 18.9 Å². The van der Waals surface area contributed by atoms with Gasteiger partial charge in [-0.1, -0.05) is 54.1 Å². The first kappa shape index (κ1) is 30.6. The number of imide groups is 1. The molecule has 4 aromatic carbocycles. The van der Waals surface area contributed by atoms with Gasteiger partial charge in [0.15, 0.2) is 11.6 Å². The molecule has 0 bridgehead atoms. The largest absolute Gasteiger partial charge is 0.505 e. The summed E-state index contributed by atoms with van der Waals surface area (Å²) in [5, 5.41) is 11.4. The van der Waals surface area contributed by atoms with Gasteiger partial charge < -0.3 is 5.11 Å². The van der Waals surface area contributed by atoms with Gasteiger partial charge in [0.05, 0.1) is 35.3 Å². The number of phenolic OH excluding ortho intramolecular Hbond substituents is 1. The highest BCUT2D eigenvalue weighted by Crippen LogP contribution is 2.62. The molecule has 2 amide bonds. The van der Waals surface area contributed by atoms with E-state index in [-0.39, 0.29) is 24.2 Å². The summed E-state index contributed by atoms with van der Waals surface area (Å²) in [5.41, 5.74) is 1.76. The second-order valence-electron chi connectivity index (χ2n) is 12.3. The summed E-state index contributed by atoms with van der Waals surface area (Å²) < 4.78 is 32.6. The Morgan fingerprint density at radius 3 is 2.27 bits per heavy atom. The smallest absolute Gasteiger partial charge is 0.352 e. The molecule has 2 N–H and O–H groups in total. The Bertz CT molecular complexity index is 2320. The number of aromatic hydroxyl groups is 1. The highest BCUT2D eigenvalue weighted by atomic mass is 35.5. The van der Waals surface area contributed by atoms with Gasteiger partial charge in [0.1, 0.15) is 5.82 Å². The van der Waals surface area contributed by atoms with Gasteiger partial charge in [0.2, 0.25) is 0 Å². The fraction of sp³-hybridized carbons (Fsp3) is 0.167. The molecule has 1 saturated carbocycles. The lowest BCUT2D eigenvalue weighted by atomic mass is 9.53. The molecule has 5 aromatic rings. The Morgan fingerprint density at radius 2 is 1.57 bits per heavy atom. The number of fused-ring (bicyclic) bond motifs is 4. The van der Waals surface area contributed by atoms with Crippen molar-refractivity contribution >= 4 is 29.1 Å². The van der Waals surface area contributed by atoms with Crippen LogP contribution in [0.15, 0.2) is 118 Å². The van der Waals surface area contributed by atoms with E-state index in [9.17, 15) is 23.9 Å². The fourth-order valence-electron chi connectivity index (χ4n) is 7.79. The number of halogens is 3. The first-order valence-electron chi connectivity index (χ1n) is 15.5. The predicted molar refractivity (Wildman–Crippen MR) is 175 cm³/mol. The molecule has 0 spiro atoms. The quantitative estimate of drug-likeness (QED) is 0.198. The van der Waals surface area contributed by atoms with Crippen LogP contribution >= 0.6 is 11.6 Å². The highest BCUT2D eigenvalue weighted by molar-refractivity contribution is 6.30. The average molecular weight is 682 g/mol. The maximum Gasteiger partial charge on any atom is 0.352 e. The van der Waals surface area contributed by atoms with E-state index in [1.165, 1.54) is 45.8 Å². The molecule has 3 heterocycles. The number of allylic oxidation sites excluding steroid dienone is 2. The molecule has 49 heavy (non-hydrogen) atoms. The molecule has 4 atom stereocenters. The zero-order chi connectivity index (χ0) is 34.2. The van der Waals surface area contributed by atoms with Gasteiger partial charge in [-0.15, -0.1) is 0 Å². The van der Waals surface area contributed by atoms with Crippen LogP contribution in [0.4, 0.5) is 14.5 Å². The van der Waals surface area contributed by atoms with Crippen molar-refractivity contribution in [2.45, 2.75) is 30.3 Å². The topological polar surface area (TPSA) is 119 Å². The van der Waals surface area contributed by atoms with E-state index in [1.54, 1.807) is 60.7 Å². The molecular weight excluding hydrogens is 656 g/mol. The molecule has 2 aliphatic heterocycles. The number of benzene rings is 4. The van der Waals surface area contributed by atoms with E-state index in [1.807, 2.05) is 0 Å². The second kappa shape index (κ2) is 11.2. The zero-order valence-electron chi connectivity index (χ0n) is 25.5. The number of nitrogens with zero attached hydrogens (tertiary/aromatic N) is 4. The molecular formula is C36H26ClF2N5O5. The summed E-state index contributed by atoms with van der Waals surface area (Å²) in [6.45, 7) is -0.0438. The Balaban J connectivity index is 1.38.